The highest BCUT2D eigenvalue weighted by atomic mass is 16.5. The maximum atomic E-state index is 5.30. The maximum Gasteiger partial charge on any atom is 0.203 e. The zero-order valence-electron chi connectivity index (χ0n) is 11.0. The van der Waals surface area contributed by atoms with Crippen LogP contribution in [0.3, 0.4) is 0 Å². The third kappa shape index (κ3) is 2.81. The second kappa shape index (κ2) is 6.32. The second-order valence-corrected chi connectivity index (χ2v) is 3.47. The van der Waals surface area contributed by atoms with Gasteiger partial charge in [0.15, 0.2) is 11.5 Å². The zero-order chi connectivity index (χ0) is 12.8. The summed E-state index contributed by atoms with van der Waals surface area (Å²) in [5.74, 6) is 1.90. The molecule has 0 aliphatic heterocycles. The topological polar surface area (TPSA) is 51.8 Å². The van der Waals surface area contributed by atoms with Crippen LogP contribution < -0.4 is 24.8 Å². The van der Waals surface area contributed by atoms with E-state index in [9.17, 15) is 0 Å². The van der Waals surface area contributed by atoms with Crippen LogP contribution in [0.2, 0.25) is 0 Å². The number of ether oxygens (including phenoxy) is 3. The second-order valence-electron chi connectivity index (χ2n) is 3.47. The minimum atomic E-state index is 0.0312. The normalized spacial score (nSPS) is 10.5. The van der Waals surface area contributed by atoms with Gasteiger partial charge in [-0.15, -0.1) is 0 Å². The van der Waals surface area contributed by atoms with Crippen LogP contribution >= 0.6 is 0 Å². The predicted molar refractivity (Wildman–Crippen MR) is 67.0 cm³/mol. The number of rotatable bonds is 6. The Hall–Kier alpha value is -1.46. The Morgan fingerprint density at radius 3 is 1.65 bits per heavy atom. The molecule has 0 saturated heterocycles. The van der Waals surface area contributed by atoms with Crippen LogP contribution in [0.25, 0.3) is 0 Å². The van der Waals surface area contributed by atoms with E-state index in [1.54, 1.807) is 21.3 Å². The van der Waals surface area contributed by atoms with Crippen LogP contribution in [0.15, 0.2) is 12.1 Å². The molecule has 5 heteroatoms. The fraction of sp³-hybridized carbons (Fsp3) is 0.500. The molecule has 0 unspecified atom stereocenters. The van der Waals surface area contributed by atoms with Crippen molar-refractivity contribution in [2.75, 3.05) is 35.4 Å². The molecular formula is C12H20N2O3. The van der Waals surface area contributed by atoms with Crippen molar-refractivity contribution in [3.63, 3.8) is 0 Å². The number of benzene rings is 1. The average Bonchev–Trinajstić information content (AvgIpc) is 2.38. The lowest BCUT2D eigenvalue weighted by atomic mass is 10.1. The number of methoxy groups -OCH3 is 3. The van der Waals surface area contributed by atoms with E-state index in [0.29, 0.717) is 17.2 Å². The van der Waals surface area contributed by atoms with Gasteiger partial charge in [-0.1, -0.05) is 0 Å². The van der Waals surface area contributed by atoms with Crippen molar-refractivity contribution in [3.05, 3.63) is 17.7 Å². The van der Waals surface area contributed by atoms with Crippen molar-refractivity contribution in [2.45, 2.75) is 6.17 Å². The minimum Gasteiger partial charge on any atom is -0.493 e. The highest BCUT2D eigenvalue weighted by molar-refractivity contribution is 5.54. The zero-order valence-corrected chi connectivity index (χ0v) is 11.0. The fourth-order valence-corrected chi connectivity index (χ4v) is 1.75. The van der Waals surface area contributed by atoms with Crippen molar-refractivity contribution in [2.24, 2.45) is 0 Å². The quantitative estimate of drug-likeness (QED) is 0.731. The first-order chi connectivity index (χ1) is 8.21. The lowest BCUT2D eigenvalue weighted by molar-refractivity contribution is 0.322. The van der Waals surface area contributed by atoms with Crippen LogP contribution in [-0.4, -0.2) is 35.4 Å². The van der Waals surface area contributed by atoms with E-state index >= 15 is 0 Å². The molecule has 0 aromatic heterocycles. The van der Waals surface area contributed by atoms with E-state index in [-0.39, 0.29) is 6.17 Å². The summed E-state index contributed by atoms with van der Waals surface area (Å²) in [5.41, 5.74) is 1.02. The van der Waals surface area contributed by atoms with E-state index < -0.39 is 0 Å². The van der Waals surface area contributed by atoms with Crippen LogP contribution in [0.1, 0.15) is 11.7 Å². The van der Waals surface area contributed by atoms with Gasteiger partial charge in [-0.25, -0.2) is 0 Å². The van der Waals surface area contributed by atoms with E-state index in [2.05, 4.69) is 10.6 Å². The van der Waals surface area contributed by atoms with Crippen LogP contribution in [0.5, 0.6) is 17.2 Å². The van der Waals surface area contributed by atoms with Gasteiger partial charge in [0.25, 0.3) is 0 Å². The summed E-state index contributed by atoms with van der Waals surface area (Å²) >= 11 is 0. The van der Waals surface area contributed by atoms with Gasteiger partial charge in [0.05, 0.1) is 27.5 Å². The van der Waals surface area contributed by atoms with E-state index in [1.807, 2.05) is 26.2 Å². The van der Waals surface area contributed by atoms with Crippen molar-refractivity contribution >= 4 is 0 Å². The summed E-state index contributed by atoms with van der Waals surface area (Å²) in [4.78, 5) is 0. The molecule has 0 atom stereocenters. The van der Waals surface area contributed by atoms with Gasteiger partial charge in [0.2, 0.25) is 5.75 Å². The summed E-state index contributed by atoms with van der Waals surface area (Å²) in [7, 11) is 8.56. The van der Waals surface area contributed by atoms with Crippen molar-refractivity contribution in [1.82, 2.24) is 10.6 Å². The lowest BCUT2D eigenvalue weighted by Gasteiger charge is -2.19. The number of nitrogens with one attached hydrogen (secondary N) is 2. The Bertz CT molecular complexity index is 340. The van der Waals surface area contributed by atoms with E-state index in [1.165, 1.54) is 0 Å². The molecule has 5 nitrogen and oxygen atoms in total. The molecule has 0 radical (unpaired) electrons. The molecule has 1 aromatic rings. The molecule has 0 fully saturated rings. The first kappa shape index (κ1) is 13.6. The molecule has 96 valence electrons. The number of hydrogen-bond donors (Lipinski definition) is 2. The first-order valence-electron chi connectivity index (χ1n) is 5.36. The fourth-order valence-electron chi connectivity index (χ4n) is 1.75. The van der Waals surface area contributed by atoms with Crippen LogP contribution in [0.4, 0.5) is 0 Å². The predicted octanol–water partition coefficient (Wildman–Crippen LogP) is 1.15. The minimum absolute atomic E-state index is 0.0312. The van der Waals surface area contributed by atoms with Crippen LogP contribution in [-0.2, 0) is 0 Å². The van der Waals surface area contributed by atoms with Gasteiger partial charge in [0, 0.05) is 0 Å². The van der Waals surface area contributed by atoms with E-state index in [0.717, 1.165) is 5.56 Å². The molecule has 0 aliphatic rings. The van der Waals surface area contributed by atoms with E-state index in [4.69, 9.17) is 14.2 Å². The third-order valence-corrected chi connectivity index (χ3v) is 2.60. The molecule has 0 bridgehead atoms. The molecule has 0 amide bonds. The lowest BCUT2D eigenvalue weighted by Crippen LogP contribution is -2.28. The molecule has 1 rings (SSSR count). The van der Waals surface area contributed by atoms with Gasteiger partial charge >= 0.3 is 0 Å². The van der Waals surface area contributed by atoms with Crippen LogP contribution in [0, 0.1) is 0 Å². The third-order valence-electron chi connectivity index (χ3n) is 2.60. The molecule has 0 heterocycles. The van der Waals surface area contributed by atoms with Crippen molar-refractivity contribution in [3.8, 4) is 17.2 Å². The standard InChI is InChI=1S/C12H20N2O3/c1-13-12(14-2)8-6-9(15-3)11(17-5)10(7-8)16-4/h6-7,12-14H,1-5H3. The van der Waals surface area contributed by atoms with Gasteiger partial charge in [-0.05, 0) is 31.8 Å². The molecule has 0 saturated carbocycles. The first-order valence-corrected chi connectivity index (χ1v) is 5.36. The summed E-state index contributed by atoms with van der Waals surface area (Å²) in [6.45, 7) is 0. The maximum absolute atomic E-state index is 5.30. The molecule has 17 heavy (non-hydrogen) atoms. The van der Waals surface area contributed by atoms with Crippen molar-refractivity contribution < 1.29 is 14.2 Å². The smallest absolute Gasteiger partial charge is 0.203 e. The molecule has 2 N–H and O–H groups in total. The Labute approximate surface area is 102 Å². The van der Waals surface area contributed by atoms with Gasteiger partial charge < -0.3 is 24.8 Å². The van der Waals surface area contributed by atoms with Gasteiger partial charge in [-0.2, -0.15) is 0 Å². The monoisotopic (exact) mass is 240 g/mol. The Morgan fingerprint density at radius 2 is 1.35 bits per heavy atom. The summed E-state index contributed by atoms with van der Waals surface area (Å²) in [5, 5.41) is 6.29. The molecular weight excluding hydrogens is 220 g/mol. The Kier molecular flexibility index (Phi) is 5.06. The average molecular weight is 240 g/mol. The largest absolute Gasteiger partial charge is 0.493 e. The molecule has 0 spiro atoms. The molecule has 0 aliphatic carbocycles. The van der Waals surface area contributed by atoms with Gasteiger partial charge in [-0.3, -0.25) is 0 Å². The SMILES string of the molecule is CNC(NC)c1cc(OC)c(OC)c(OC)c1. The summed E-state index contributed by atoms with van der Waals surface area (Å²) in [6, 6.07) is 3.83. The highest BCUT2D eigenvalue weighted by Gasteiger charge is 2.16. The highest BCUT2D eigenvalue weighted by Crippen LogP contribution is 2.39. The van der Waals surface area contributed by atoms with Crippen molar-refractivity contribution in [1.29, 1.82) is 0 Å². The Balaban J connectivity index is 3.26. The number of hydrogen-bond acceptors (Lipinski definition) is 5. The van der Waals surface area contributed by atoms with Gasteiger partial charge in [0.1, 0.15) is 0 Å². The molecule has 1 aromatic carbocycles. The Morgan fingerprint density at radius 1 is 0.882 bits per heavy atom. The summed E-state index contributed by atoms with van der Waals surface area (Å²) in [6.07, 6.45) is 0.0312. The summed E-state index contributed by atoms with van der Waals surface area (Å²) < 4.78 is 15.9.